The van der Waals surface area contributed by atoms with Crippen molar-refractivity contribution in [2.24, 2.45) is 0 Å². The number of alkyl halides is 2. The standard InChI is InChI=1S/C26H29F2N3O4/c1-26(35-2,25(27)28)22(24(33)30-34)29-23(32)21-13-11-19(12-14-21)6-5-18-7-9-20(10-8-18)17-31-15-3-4-16-31/h7-14,22,25,34H,3-4,15-17H2,1-2H3,(H,29,32)(H,30,33)/t22-,26?/m1/s1. The molecule has 1 aliphatic rings. The number of nitrogens with one attached hydrogen (secondary N) is 2. The Bertz CT molecular complexity index is 1070. The minimum atomic E-state index is -3.11. The molecule has 1 heterocycles. The van der Waals surface area contributed by atoms with Crippen molar-refractivity contribution in [2.75, 3.05) is 20.2 Å². The average Bonchev–Trinajstić information content (AvgIpc) is 3.39. The summed E-state index contributed by atoms with van der Waals surface area (Å²) in [6.07, 6.45) is -0.600. The van der Waals surface area contributed by atoms with Crippen LogP contribution >= 0.6 is 0 Å². The van der Waals surface area contributed by atoms with Crippen LogP contribution in [0, 0.1) is 11.8 Å². The maximum atomic E-state index is 13.5. The molecular weight excluding hydrogens is 456 g/mol. The molecule has 1 saturated heterocycles. The first-order valence-corrected chi connectivity index (χ1v) is 11.3. The van der Waals surface area contributed by atoms with Gasteiger partial charge in [-0.3, -0.25) is 19.7 Å². The second-order valence-corrected chi connectivity index (χ2v) is 8.58. The van der Waals surface area contributed by atoms with Crippen LogP contribution in [0.15, 0.2) is 48.5 Å². The molecule has 2 atom stereocenters. The van der Waals surface area contributed by atoms with E-state index in [0.717, 1.165) is 39.2 Å². The summed E-state index contributed by atoms with van der Waals surface area (Å²) in [4.78, 5) is 27.0. The largest absolute Gasteiger partial charge is 0.370 e. The van der Waals surface area contributed by atoms with E-state index in [9.17, 15) is 18.4 Å². The zero-order valence-electron chi connectivity index (χ0n) is 19.7. The highest BCUT2D eigenvalue weighted by Crippen LogP contribution is 2.24. The van der Waals surface area contributed by atoms with Gasteiger partial charge in [0.2, 0.25) is 0 Å². The van der Waals surface area contributed by atoms with Crippen LogP contribution in [-0.4, -0.2) is 60.2 Å². The molecule has 2 aromatic carbocycles. The van der Waals surface area contributed by atoms with E-state index in [1.807, 2.05) is 12.1 Å². The summed E-state index contributed by atoms with van der Waals surface area (Å²) in [6.45, 7) is 4.19. The number of carbonyl (C=O) groups excluding carboxylic acids is 2. The Balaban J connectivity index is 1.65. The van der Waals surface area contributed by atoms with E-state index in [-0.39, 0.29) is 5.56 Å². The number of benzene rings is 2. The molecule has 9 heteroatoms. The molecule has 0 bridgehead atoms. The predicted molar refractivity (Wildman–Crippen MR) is 126 cm³/mol. The molecule has 0 aliphatic carbocycles. The summed E-state index contributed by atoms with van der Waals surface area (Å²) in [5, 5.41) is 11.1. The molecule has 3 rings (SSSR count). The van der Waals surface area contributed by atoms with Crippen molar-refractivity contribution >= 4 is 11.8 Å². The number of likely N-dealkylation sites (tertiary alicyclic amines) is 1. The smallest absolute Gasteiger partial charge is 0.269 e. The molecule has 2 aromatic rings. The van der Waals surface area contributed by atoms with Gasteiger partial charge in [0.25, 0.3) is 18.2 Å². The zero-order chi connectivity index (χ0) is 25.4. The van der Waals surface area contributed by atoms with Gasteiger partial charge in [-0.25, -0.2) is 14.3 Å². The molecule has 35 heavy (non-hydrogen) atoms. The Hall–Kier alpha value is -3.32. The SMILES string of the molecule is COC(C)(C(F)F)[C@H](NC(=O)c1ccc(C#Cc2ccc(CN3CCCC3)cc2)cc1)C(=O)NO. The first-order valence-electron chi connectivity index (χ1n) is 11.3. The molecule has 0 aromatic heterocycles. The van der Waals surface area contributed by atoms with Gasteiger partial charge in [-0.2, -0.15) is 0 Å². The number of nitrogens with zero attached hydrogens (tertiary/aromatic N) is 1. The lowest BCUT2D eigenvalue weighted by Crippen LogP contribution is -2.62. The van der Waals surface area contributed by atoms with Crippen molar-refractivity contribution in [1.82, 2.24) is 15.7 Å². The summed E-state index contributed by atoms with van der Waals surface area (Å²) in [5.74, 6) is 4.10. The van der Waals surface area contributed by atoms with Crippen LogP contribution in [0.3, 0.4) is 0 Å². The van der Waals surface area contributed by atoms with E-state index in [1.54, 1.807) is 12.1 Å². The minimum Gasteiger partial charge on any atom is -0.370 e. The molecule has 2 amide bonds. The van der Waals surface area contributed by atoms with E-state index in [1.165, 1.54) is 36.0 Å². The third kappa shape index (κ3) is 6.63. The Morgan fingerprint density at radius 3 is 2.09 bits per heavy atom. The van der Waals surface area contributed by atoms with E-state index in [0.29, 0.717) is 5.56 Å². The third-order valence-corrected chi connectivity index (χ3v) is 6.15. The van der Waals surface area contributed by atoms with Crippen LogP contribution in [0.5, 0.6) is 0 Å². The summed E-state index contributed by atoms with van der Waals surface area (Å²) in [6, 6.07) is 12.4. The highest BCUT2D eigenvalue weighted by Gasteiger charge is 2.48. The van der Waals surface area contributed by atoms with Gasteiger partial charge in [0.15, 0.2) is 5.60 Å². The van der Waals surface area contributed by atoms with Crippen LogP contribution in [-0.2, 0) is 16.1 Å². The number of methoxy groups -OCH3 is 1. The molecule has 3 N–H and O–H groups in total. The Morgan fingerprint density at radius 2 is 1.60 bits per heavy atom. The lowest BCUT2D eigenvalue weighted by molar-refractivity contribution is -0.157. The highest BCUT2D eigenvalue weighted by atomic mass is 19.3. The second kappa shape index (κ2) is 11.9. The molecular formula is C26H29F2N3O4. The Kier molecular flexibility index (Phi) is 8.93. The maximum absolute atomic E-state index is 13.5. The van der Waals surface area contributed by atoms with E-state index in [2.05, 4.69) is 34.2 Å². The first kappa shape index (κ1) is 26.3. The molecule has 1 fully saturated rings. The molecule has 186 valence electrons. The van der Waals surface area contributed by atoms with E-state index in [4.69, 9.17) is 9.94 Å². The number of halogens is 2. The summed E-state index contributed by atoms with van der Waals surface area (Å²) in [7, 11) is 0.991. The number of amides is 2. The topological polar surface area (TPSA) is 90.9 Å². The maximum Gasteiger partial charge on any atom is 0.269 e. The van der Waals surface area contributed by atoms with Gasteiger partial charge in [-0.1, -0.05) is 24.0 Å². The number of hydrogen-bond acceptors (Lipinski definition) is 5. The molecule has 0 spiro atoms. The Morgan fingerprint density at radius 1 is 1.06 bits per heavy atom. The number of hydroxylamine groups is 1. The lowest BCUT2D eigenvalue weighted by atomic mass is 9.95. The van der Waals surface area contributed by atoms with Crippen molar-refractivity contribution < 1.29 is 28.3 Å². The van der Waals surface area contributed by atoms with E-state index >= 15 is 0 Å². The van der Waals surface area contributed by atoms with Crippen molar-refractivity contribution in [2.45, 2.75) is 44.4 Å². The monoisotopic (exact) mass is 485 g/mol. The predicted octanol–water partition coefficient (Wildman–Crippen LogP) is 2.96. The van der Waals surface area contributed by atoms with Gasteiger partial charge in [-0.05, 0) is 74.8 Å². The fraction of sp³-hybridized carbons (Fsp3) is 0.385. The lowest BCUT2D eigenvalue weighted by Gasteiger charge is -2.34. The number of carbonyl (C=O) groups is 2. The quantitative estimate of drug-likeness (QED) is 0.304. The van der Waals surface area contributed by atoms with Crippen LogP contribution in [0.1, 0.15) is 46.8 Å². The second-order valence-electron chi connectivity index (χ2n) is 8.58. The highest BCUT2D eigenvalue weighted by molar-refractivity contribution is 5.97. The molecule has 0 radical (unpaired) electrons. The van der Waals surface area contributed by atoms with Gasteiger partial charge in [0.05, 0.1) is 0 Å². The van der Waals surface area contributed by atoms with E-state index < -0.39 is 29.9 Å². The van der Waals surface area contributed by atoms with Crippen molar-refractivity contribution in [3.05, 3.63) is 70.8 Å². The van der Waals surface area contributed by atoms with Crippen molar-refractivity contribution in [3.63, 3.8) is 0 Å². The summed E-state index contributed by atoms with van der Waals surface area (Å²) >= 11 is 0. The van der Waals surface area contributed by atoms with Gasteiger partial charge in [0.1, 0.15) is 6.04 Å². The first-order chi connectivity index (χ1) is 16.8. The van der Waals surface area contributed by atoms with Crippen molar-refractivity contribution in [1.29, 1.82) is 0 Å². The van der Waals surface area contributed by atoms with Gasteiger partial charge >= 0.3 is 0 Å². The number of hydrogen-bond donors (Lipinski definition) is 3. The van der Waals surface area contributed by atoms with Gasteiger partial charge in [0, 0.05) is 30.3 Å². The molecule has 7 nitrogen and oxygen atoms in total. The van der Waals surface area contributed by atoms with Crippen LogP contribution in [0.4, 0.5) is 8.78 Å². The number of rotatable bonds is 8. The summed E-state index contributed by atoms with van der Waals surface area (Å²) < 4.78 is 31.8. The number of ether oxygens (including phenoxy) is 1. The molecule has 0 saturated carbocycles. The molecule has 1 unspecified atom stereocenters. The average molecular weight is 486 g/mol. The normalized spacial score (nSPS) is 16.2. The minimum absolute atomic E-state index is 0.130. The van der Waals surface area contributed by atoms with Gasteiger partial charge < -0.3 is 10.1 Å². The van der Waals surface area contributed by atoms with Crippen LogP contribution in [0.25, 0.3) is 0 Å². The third-order valence-electron chi connectivity index (χ3n) is 6.15. The summed E-state index contributed by atoms with van der Waals surface area (Å²) in [5.41, 5.74) is 1.84. The van der Waals surface area contributed by atoms with Crippen molar-refractivity contribution in [3.8, 4) is 11.8 Å². The zero-order valence-corrected chi connectivity index (χ0v) is 19.7. The fourth-order valence-electron chi connectivity index (χ4n) is 3.82. The fourth-order valence-corrected chi connectivity index (χ4v) is 3.82. The van der Waals surface area contributed by atoms with Crippen LogP contribution < -0.4 is 10.8 Å². The Labute approximate surface area is 203 Å². The van der Waals surface area contributed by atoms with Crippen LogP contribution in [0.2, 0.25) is 0 Å². The van der Waals surface area contributed by atoms with Gasteiger partial charge in [-0.15, -0.1) is 0 Å². The molecule has 1 aliphatic heterocycles.